The molecule has 1 heterocycles. The molecule has 2 aromatic rings. The first kappa shape index (κ1) is 24.8. The maximum Gasteiger partial charge on any atom is 0.191 e. The highest BCUT2D eigenvalue weighted by Crippen LogP contribution is 2.38. The fourth-order valence-electron chi connectivity index (χ4n) is 3.73. The standard InChI is InChI=1S/C23H30ClN3O2.HI/c1-3-25-22(26-16-18-7-6-8-19(15-18)28-2)27-17-23(11-13-29-14-12-23)20-9-4-5-10-21(20)24;/h4-10,15H,3,11-14,16-17H2,1-2H3,(H2,25,26,27);1H. The topological polar surface area (TPSA) is 54.9 Å². The lowest BCUT2D eigenvalue weighted by Crippen LogP contribution is -2.48. The molecule has 5 nitrogen and oxygen atoms in total. The van der Waals surface area contributed by atoms with E-state index in [9.17, 15) is 0 Å². The Labute approximate surface area is 201 Å². The Balaban J connectivity index is 0.00000320. The van der Waals surface area contributed by atoms with Crippen LogP contribution in [0.2, 0.25) is 5.02 Å². The summed E-state index contributed by atoms with van der Waals surface area (Å²) in [5.41, 5.74) is 2.22. The molecule has 1 saturated heterocycles. The molecule has 2 aromatic carbocycles. The smallest absolute Gasteiger partial charge is 0.191 e. The van der Waals surface area contributed by atoms with E-state index in [1.54, 1.807) is 7.11 Å². The molecular formula is C23H31ClIN3O2. The molecule has 3 rings (SSSR count). The van der Waals surface area contributed by atoms with Crippen molar-refractivity contribution in [3.8, 4) is 5.75 Å². The first-order chi connectivity index (χ1) is 14.2. The van der Waals surface area contributed by atoms with E-state index in [4.69, 9.17) is 26.1 Å². The SMILES string of the molecule is CCNC(=NCc1cccc(OC)c1)NCC1(c2ccccc2Cl)CCOCC1.I. The second kappa shape index (κ2) is 12.4. The van der Waals surface area contributed by atoms with Crippen LogP contribution in [0.15, 0.2) is 53.5 Å². The van der Waals surface area contributed by atoms with Gasteiger partial charge in [0, 0.05) is 36.7 Å². The van der Waals surface area contributed by atoms with Crippen molar-refractivity contribution in [1.82, 2.24) is 10.6 Å². The van der Waals surface area contributed by atoms with Gasteiger partial charge in [0.1, 0.15) is 5.75 Å². The third kappa shape index (κ3) is 6.49. The molecule has 0 atom stereocenters. The van der Waals surface area contributed by atoms with E-state index in [0.29, 0.717) is 6.54 Å². The van der Waals surface area contributed by atoms with Gasteiger partial charge in [0.05, 0.1) is 13.7 Å². The second-order valence-corrected chi connectivity index (χ2v) is 7.68. The van der Waals surface area contributed by atoms with Crippen LogP contribution in [-0.2, 0) is 16.7 Å². The Hall–Kier alpha value is -1.51. The molecule has 1 aliphatic rings. The quantitative estimate of drug-likeness (QED) is 0.300. The second-order valence-electron chi connectivity index (χ2n) is 7.27. The predicted molar refractivity (Wildman–Crippen MR) is 134 cm³/mol. The first-order valence-corrected chi connectivity index (χ1v) is 10.5. The molecule has 0 bridgehead atoms. The highest BCUT2D eigenvalue weighted by molar-refractivity contribution is 14.0. The van der Waals surface area contributed by atoms with E-state index < -0.39 is 0 Å². The van der Waals surface area contributed by atoms with E-state index >= 15 is 0 Å². The van der Waals surface area contributed by atoms with Crippen molar-refractivity contribution >= 4 is 41.5 Å². The number of nitrogens with one attached hydrogen (secondary N) is 2. The Morgan fingerprint density at radius 3 is 2.60 bits per heavy atom. The zero-order valence-electron chi connectivity index (χ0n) is 17.6. The molecule has 7 heteroatoms. The lowest BCUT2D eigenvalue weighted by Gasteiger charge is -2.38. The molecule has 0 amide bonds. The number of methoxy groups -OCH3 is 1. The van der Waals surface area contributed by atoms with Gasteiger partial charge in [-0.05, 0) is 49.1 Å². The van der Waals surface area contributed by atoms with E-state index in [1.165, 1.54) is 5.56 Å². The van der Waals surface area contributed by atoms with Crippen molar-refractivity contribution in [2.45, 2.75) is 31.7 Å². The van der Waals surface area contributed by atoms with Crippen LogP contribution in [0.5, 0.6) is 5.75 Å². The van der Waals surface area contributed by atoms with Crippen molar-refractivity contribution < 1.29 is 9.47 Å². The zero-order chi connectivity index (χ0) is 20.5. The minimum Gasteiger partial charge on any atom is -0.497 e. The van der Waals surface area contributed by atoms with Gasteiger partial charge in [-0.15, -0.1) is 24.0 Å². The van der Waals surface area contributed by atoms with Gasteiger partial charge in [-0.1, -0.05) is 41.9 Å². The molecule has 0 saturated carbocycles. The largest absolute Gasteiger partial charge is 0.497 e. The van der Waals surface area contributed by atoms with Crippen LogP contribution < -0.4 is 15.4 Å². The van der Waals surface area contributed by atoms with Gasteiger partial charge >= 0.3 is 0 Å². The summed E-state index contributed by atoms with van der Waals surface area (Å²) < 4.78 is 10.9. The summed E-state index contributed by atoms with van der Waals surface area (Å²) in [4.78, 5) is 4.77. The number of guanidine groups is 1. The molecule has 0 aromatic heterocycles. The van der Waals surface area contributed by atoms with E-state index in [1.807, 2.05) is 30.3 Å². The Bertz CT molecular complexity index is 826. The molecule has 1 fully saturated rings. The van der Waals surface area contributed by atoms with Crippen molar-refractivity contribution in [2.24, 2.45) is 4.99 Å². The summed E-state index contributed by atoms with van der Waals surface area (Å²) in [5, 5.41) is 7.71. The van der Waals surface area contributed by atoms with Gasteiger partial charge in [0.2, 0.25) is 0 Å². The predicted octanol–water partition coefficient (Wildman–Crippen LogP) is 4.77. The first-order valence-electron chi connectivity index (χ1n) is 10.1. The maximum absolute atomic E-state index is 6.57. The Morgan fingerprint density at radius 2 is 1.90 bits per heavy atom. The van der Waals surface area contributed by atoms with Gasteiger partial charge in [-0.2, -0.15) is 0 Å². The summed E-state index contributed by atoms with van der Waals surface area (Å²) in [7, 11) is 1.68. The van der Waals surface area contributed by atoms with Crippen molar-refractivity contribution in [3.05, 3.63) is 64.7 Å². The van der Waals surface area contributed by atoms with E-state index in [2.05, 4.69) is 35.8 Å². The van der Waals surface area contributed by atoms with Gasteiger partial charge in [-0.25, -0.2) is 4.99 Å². The van der Waals surface area contributed by atoms with Crippen molar-refractivity contribution in [1.29, 1.82) is 0 Å². The third-order valence-electron chi connectivity index (χ3n) is 5.39. The average molecular weight is 544 g/mol. The number of hydrogen-bond donors (Lipinski definition) is 2. The molecule has 1 aliphatic heterocycles. The van der Waals surface area contributed by atoms with E-state index in [-0.39, 0.29) is 29.4 Å². The van der Waals surface area contributed by atoms with Crippen molar-refractivity contribution in [3.63, 3.8) is 0 Å². The van der Waals surface area contributed by atoms with Crippen LogP contribution in [0.3, 0.4) is 0 Å². The molecule has 0 aliphatic carbocycles. The van der Waals surface area contributed by atoms with Crippen molar-refractivity contribution in [2.75, 3.05) is 33.4 Å². The molecule has 30 heavy (non-hydrogen) atoms. The molecule has 0 spiro atoms. The lowest BCUT2D eigenvalue weighted by atomic mass is 9.74. The molecule has 0 unspecified atom stereocenters. The Kier molecular flexibility index (Phi) is 10.2. The summed E-state index contributed by atoms with van der Waals surface area (Å²) in [6.07, 6.45) is 1.86. The van der Waals surface area contributed by atoms with Gasteiger partial charge in [0.15, 0.2) is 5.96 Å². The fraction of sp³-hybridized carbons (Fsp3) is 0.435. The van der Waals surface area contributed by atoms with Crippen LogP contribution in [0.25, 0.3) is 0 Å². The summed E-state index contributed by atoms with van der Waals surface area (Å²) in [6.45, 7) is 5.68. The van der Waals surface area contributed by atoms with Gasteiger partial charge in [0.25, 0.3) is 0 Å². The zero-order valence-corrected chi connectivity index (χ0v) is 20.7. The molecule has 164 valence electrons. The fourth-order valence-corrected chi connectivity index (χ4v) is 4.07. The number of halogens is 2. The molecule has 2 N–H and O–H groups in total. The van der Waals surface area contributed by atoms with Gasteiger partial charge in [-0.3, -0.25) is 0 Å². The number of nitrogens with zero attached hydrogens (tertiary/aromatic N) is 1. The normalized spacial score (nSPS) is 15.8. The highest BCUT2D eigenvalue weighted by atomic mass is 127. The molecule has 0 radical (unpaired) electrons. The van der Waals surface area contributed by atoms with Gasteiger partial charge < -0.3 is 20.1 Å². The number of aliphatic imine (C=N–C) groups is 1. The third-order valence-corrected chi connectivity index (χ3v) is 5.72. The maximum atomic E-state index is 6.57. The minimum atomic E-state index is -0.0667. The number of rotatable bonds is 7. The monoisotopic (exact) mass is 543 g/mol. The van der Waals surface area contributed by atoms with Crippen LogP contribution >= 0.6 is 35.6 Å². The molecular weight excluding hydrogens is 513 g/mol. The van der Waals surface area contributed by atoms with Crippen LogP contribution in [0, 0.1) is 0 Å². The van der Waals surface area contributed by atoms with Crippen LogP contribution in [0.1, 0.15) is 30.9 Å². The Morgan fingerprint density at radius 1 is 1.13 bits per heavy atom. The number of ether oxygens (including phenoxy) is 2. The van der Waals surface area contributed by atoms with Crippen LogP contribution in [0.4, 0.5) is 0 Å². The number of hydrogen-bond acceptors (Lipinski definition) is 3. The summed E-state index contributed by atoms with van der Waals surface area (Å²) in [5.74, 6) is 1.64. The minimum absolute atomic E-state index is 0. The highest BCUT2D eigenvalue weighted by Gasteiger charge is 2.36. The van der Waals surface area contributed by atoms with Crippen LogP contribution in [-0.4, -0.2) is 39.4 Å². The van der Waals surface area contributed by atoms with E-state index in [0.717, 1.165) is 61.4 Å². The summed E-state index contributed by atoms with van der Waals surface area (Å²) in [6, 6.07) is 16.1. The average Bonchev–Trinajstić information content (AvgIpc) is 2.77. The number of benzene rings is 2. The summed E-state index contributed by atoms with van der Waals surface area (Å²) >= 11 is 6.57. The lowest BCUT2D eigenvalue weighted by molar-refractivity contribution is 0.0514.